The number of rotatable bonds is 5. The van der Waals surface area contributed by atoms with Crippen LogP contribution in [0.5, 0.6) is 5.75 Å². The number of anilines is 1. The van der Waals surface area contributed by atoms with Crippen LogP contribution in [-0.2, 0) is 10.0 Å². The average Bonchev–Trinajstić information content (AvgIpc) is 2.94. The van der Waals surface area contributed by atoms with E-state index in [2.05, 4.69) is 4.72 Å². The third-order valence-corrected chi connectivity index (χ3v) is 4.71. The number of nitrogen functional groups attached to an aromatic ring is 1. The zero-order chi connectivity index (χ0) is 15.6. The molecule has 0 spiro atoms. The first kappa shape index (κ1) is 15.4. The van der Waals surface area contributed by atoms with Crippen LogP contribution in [0.15, 0.2) is 39.8 Å². The highest BCUT2D eigenvalue weighted by Crippen LogP contribution is 2.29. The summed E-state index contributed by atoms with van der Waals surface area (Å²) in [5.41, 5.74) is 6.95. The second-order valence-corrected chi connectivity index (χ2v) is 6.40. The summed E-state index contributed by atoms with van der Waals surface area (Å²) < 4.78 is 37.9. The molecule has 21 heavy (non-hydrogen) atoms. The van der Waals surface area contributed by atoms with Crippen molar-refractivity contribution in [2.24, 2.45) is 0 Å². The van der Waals surface area contributed by atoms with Crippen LogP contribution in [0.4, 0.5) is 5.69 Å². The molecular formula is C14H18N2O4S. The lowest BCUT2D eigenvalue weighted by Gasteiger charge is -2.15. The number of nitrogens with two attached hydrogens (primary N) is 1. The van der Waals surface area contributed by atoms with E-state index in [0.29, 0.717) is 11.4 Å². The van der Waals surface area contributed by atoms with Crippen LogP contribution in [0.25, 0.3) is 0 Å². The van der Waals surface area contributed by atoms with Crippen molar-refractivity contribution >= 4 is 15.7 Å². The smallest absolute Gasteiger partial charge is 0.244 e. The molecule has 2 rings (SSSR count). The van der Waals surface area contributed by atoms with Gasteiger partial charge in [-0.1, -0.05) is 0 Å². The van der Waals surface area contributed by atoms with Crippen LogP contribution in [-0.4, -0.2) is 15.5 Å². The molecule has 1 aromatic heterocycles. The summed E-state index contributed by atoms with van der Waals surface area (Å²) in [6, 6.07) is 5.89. The molecule has 7 heteroatoms. The van der Waals surface area contributed by atoms with Gasteiger partial charge in [0.05, 0.1) is 19.4 Å². The Balaban J connectivity index is 2.38. The van der Waals surface area contributed by atoms with Gasteiger partial charge in [0.15, 0.2) is 0 Å². The molecule has 0 saturated heterocycles. The quantitative estimate of drug-likeness (QED) is 0.826. The number of benzene rings is 1. The summed E-state index contributed by atoms with van der Waals surface area (Å²) in [6.45, 7) is 3.48. The van der Waals surface area contributed by atoms with Gasteiger partial charge in [-0.25, -0.2) is 13.1 Å². The summed E-state index contributed by atoms with van der Waals surface area (Å²) in [7, 11) is -2.37. The minimum absolute atomic E-state index is 0.00602. The minimum atomic E-state index is -3.78. The van der Waals surface area contributed by atoms with Gasteiger partial charge < -0.3 is 14.9 Å². The van der Waals surface area contributed by atoms with Crippen molar-refractivity contribution in [3.63, 3.8) is 0 Å². The van der Waals surface area contributed by atoms with Gasteiger partial charge in [-0.05, 0) is 43.7 Å². The summed E-state index contributed by atoms with van der Waals surface area (Å²) in [4.78, 5) is 0.00602. The fourth-order valence-electron chi connectivity index (χ4n) is 1.94. The lowest BCUT2D eigenvalue weighted by Crippen LogP contribution is -2.27. The molecule has 0 aliphatic heterocycles. The number of furan rings is 1. The Hall–Kier alpha value is -1.99. The normalized spacial score (nSPS) is 13.1. The summed E-state index contributed by atoms with van der Waals surface area (Å²) in [6.07, 6.45) is 1.49. The zero-order valence-corrected chi connectivity index (χ0v) is 12.9. The fraction of sp³-hybridized carbons (Fsp3) is 0.286. The van der Waals surface area contributed by atoms with Gasteiger partial charge in [0.25, 0.3) is 0 Å². The van der Waals surface area contributed by atoms with E-state index in [4.69, 9.17) is 14.9 Å². The Kier molecular flexibility index (Phi) is 4.24. The van der Waals surface area contributed by atoms with E-state index < -0.39 is 16.1 Å². The predicted octanol–water partition coefficient (Wildman–Crippen LogP) is 2.22. The highest BCUT2D eigenvalue weighted by molar-refractivity contribution is 7.89. The van der Waals surface area contributed by atoms with E-state index in [1.807, 2.05) is 0 Å². The van der Waals surface area contributed by atoms with Crippen LogP contribution in [0.1, 0.15) is 24.3 Å². The van der Waals surface area contributed by atoms with E-state index >= 15 is 0 Å². The van der Waals surface area contributed by atoms with E-state index in [1.165, 1.54) is 19.4 Å². The summed E-state index contributed by atoms with van der Waals surface area (Å²) >= 11 is 0. The molecule has 1 aromatic carbocycles. The van der Waals surface area contributed by atoms with Crippen LogP contribution < -0.4 is 15.2 Å². The number of sulfonamides is 1. The van der Waals surface area contributed by atoms with Crippen LogP contribution >= 0.6 is 0 Å². The molecule has 1 atom stereocenters. The molecule has 0 aliphatic rings. The fourth-order valence-corrected chi connectivity index (χ4v) is 3.34. The SMILES string of the molecule is COc1cc(C)c(N)cc1S(=O)(=O)NC(C)c1ccco1. The van der Waals surface area contributed by atoms with Gasteiger partial charge in [0, 0.05) is 5.69 Å². The van der Waals surface area contributed by atoms with Gasteiger partial charge >= 0.3 is 0 Å². The molecule has 114 valence electrons. The Morgan fingerprint density at radius 1 is 1.38 bits per heavy atom. The van der Waals surface area contributed by atoms with Gasteiger partial charge in [0.2, 0.25) is 10.0 Å². The molecule has 3 N–H and O–H groups in total. The molecule has 0 amide bonds. The molecule has 6 nitrogen and oxygen atoms in total. The van der Waals surface area contributed by atoms with Crippen molar-refractivity contribution in [3.05, 3.63) is 41.9 Å². The number of methoxy groups -OCH3 is 1. The predicted molar refractivity (Wildman–Crippen MR) is 79.6 cm³/mol. The first-order valence-corrected chi connectivity index (χ1v) is 7.83. The van der Waals surface area contributed by atoms with Crippen LogP contribution in [0, 0.1) is 6.92 Å². The largest absolute Gasteiger partial charge is 0.495 e. The Labute approximate surface area is 124 Å². The van der Waals surface area contributed by atoms with Crippen LogP contribution in [0.3, 0.4) is 0 Å². The highest BCUT2D eigenvalue weighted by Gasteiger charge is 2.24. The summed E-state index contributed by atoms with van der Waals surface area (Å²) in [5, 5.41) is 0. The van der Waals surface area contributed by atoms with Crippen molar-refractivity contribution in [2.45, 2.75) is 24.8 Å². The Morgan fingerprint density at radius 2 is 2.10 bits per heavy atom. The first-order valence-electron chi connectivity index (χ1n) is 6.35. The standard InChI is InChI=1S/C14H18N2O4S/c1-9-7-13(19-3)14(8-11(9)15)21(17,18)16-10(2)12-5-4-6-20-12/h4-8,10,16H,15H2,1-3H3. The Morgan fingerprint density at radius 3 is 2.67 bits per heavy atom. The third kappa shape index (κ3) is 3.20. The number of aryl methyl sites for hydroxylation is 1. The number of hydrogen-bond donors (Lipinski definition) is 2. The van der Waals surface area contributed by atoms with E-state index in [1.54, 1.807) is 32.0 Å². The second kappa shape index (κ2) is 5.79. The van der Waals surface area contributed by atoms with Crippen molar-refractivity contribution in [3.8, 4) is 5.75 Å². The van der Waals surface area contributed by atoms with E-state index in [9.17, 15) is 8.42 Å². The molecule has 2 aromatic rings. The van der Waals surface area contributed by atoms with Crippen molar-refractivity contribution < 1.29 is 17.6 Å². The molecular weight excluding hydrogens is 292 g/mol. The maximum atomic E-state index is 12.5. The topological polar surface area (TPSA) is 94.6 Å². The van der Waals surface area contributed by atoms with Crippen LogP contribution in [0.2, 0.25) is 0 Å². The average molecular weight is 310 g/mol. The monoisotopic (exact) mass is 310 g/mol. The van der Waals surface area contributed by atoms with Crippen molar-refractivity contribution in [1.29, 1.82) is 0 Å². The molecule has 0 bridgehead atoms. The molecule has 0 aliphatic carbocycles. The Bertz CT molecular complexity index is 724. The molecule has 1 heterocycles. The van der Waals surface area contributed by atoms with Gasteiger partial charge in [-0.15, -0.1) is 0 Å². The molecule has 0 radical (unpaired) electrons. The number of hydrogen-bond acceptors (Lipinski definition) is 5. The molecule has 0 saturated carbocycles. The molecule has 0 fully saturated rings. The zero-order valence-electron chi connectivity index (χ0n) is 12.1. The first-order chi connectivity index (χ1) is 9.85. The number of nitrogens with one attached hydrogen (secondary N) is 1. The lowest BCUT2D eigenvalue weighted by atomic mass is 10.2. The maximum absolute atomic E-state index is 12.5. The van der Waals surface area contributed by atoms with E-state index in [-0.39, 0.29) is 10.6 Å². The number of ether oxygens (including phenoxy) is 1. The second-order valence-electron chi connectivity index (χ2n) is 4.72. The van der Waals surface area contributed by atoms with E-state index in [0.717, 1.165) is 5.56 Å². The molecule has 1 unspecified atom stereocenters. The lowest BCUT2D eigenvalue weighted by molar-refractivity contribution is 0.401. The minimum Gasteiger partial charge on any atom is -0.495 e. The van der Waals surface area contributed by atoms with Crippen molar-refractivity contribution in [2.75, 3.05) is 12.8 Å². The van der Waals surface area contributed by atoms with Gasteiger partial charge in [-0.2, -0.15) is 0 Å². The van der Waals surface area contributed by atoms with Crippen molar-refractivity contribution in [1.82, 2.24) is 4.72 Å². The highest BCUT2D eigenvalue weighted by atomic mass is 32.2. The maximum Gasteiger partial charge on any atom is 0.244 e. The van der Waals surface area contributed by atoms with Gasteiger partial charge in [-0.3, -0.25) is 0 Å². The summed E-state index contributed by atoms with van der Waals surface area (Å²) in [5.74, 6) is 0.776. The third-order valence-electron chi connectivity index (χ3n) is 3.14. The van der Waals surface area contributed by atoms with Gasteiger partial charge in [0.1, 0.15) is 16.4 Å².